The first-order chi connectivity index (χ1) is 21.9. The van der Waals surface area contributed by atoms with Gasteiger partial charge in [-0.05, 0) is 80.9 Å². The quantitative estimate of drug-likeness (QED) is 0.208. The fourth-order valence-corrected chi connectivity index (χ4v) is 10.2. The molecule has 1 aromatic carbocycles. The molecule has 3 aromatic rings. The average Bonchev–Trinajstić information content (AvgIpc) is 3.52. The number of urea groups is 1. The van der Waals surface area contributed by atoms with E-state index in [2.05, 4.69) is 42.5 Å². The number of sulfonamides is 1. The van der Waals surface area contributed by atoms with Crippen LogP contribution < -0.4 is 20.7 Å². The molecule has 1 saturated heterocycles. The van der Waals surface area contributed by atoms with Crippen molar-refractivity contribution in [1.29, 1.82) is 0 Å². The molecule has 1 aliphatic heterocycles. The summed E-state index contributed by atoms with van der Waals surface area (Å²) in [5.74, 6) is 0.577. The highest BCUT2D eigenvalue weighted by molar-refractivity contribution is 7.89. The predicted molar refractivity (Wildman–Crippen MR) is 165 cm³/mol. The van der Waals surface area contributed by atoms with E-state index in [4.69, 9.17) is 4.74 Å². The lowest BCUT2D eigenvalue weighted by atomic mass is 9.48. The Morgan fingerprint density at radius 1 is 1.07 bits per heavy atom. The van der Waals surface area contributed by atoms with Gasteiger partial charge in [-0.25, -0.2) is 32.9 Å². The Bertz CT molecular complexity index is 1780. The topological polar surface area (TPSA) is 210 Å². The monoisotopic (exact) mass is 654 g/mol. The summed E-state index contributed by atoms with van der Waals surface area (Å²) in [6.45, 7) is 4.33. The molecule has 5 aliphatic rings. The van der Waals surface area contributed by atoms with E-state index >= 15 is 0 Å². The van der Waals surface area contributed by atoms with Crippen molar-refractivity contribution in [3.05, 3.63) is 36.9 Å². The minimum absolute atomic E-state index is 0.0373. The number of benzene rings is 1. The number of anilines is 2. The number of carbonyl (C=O) groups excluding carboxylic acids is 2. The molecule has 46 heavy (non-hydrogen) atoms. The number of amides is 3. The number of likely N-dealkylation sites (N-methyl/N-ethyl adjacent to an activating group) is 1. The number of aromatic nitrogens is 4. The van der Waals surface area contributed by atoms with Gasteiger partial charge in [0.1, 0.15) is 18.5 Å². The predicted octanol–water partition coefficient (Wildman–Crippen LogP) is 1.86. The molecule has 4 bridgehead atoms. The summed E-state index contributed by atoms with van der Waals surface area (Å²) < 4.78 is 37.3. The van der Waals surface area contributed by atoms with Gasteiger partial charge in [0, 0.05) is 17.8 Å². The molecule has 2 aromatic heterocycles. The minimum Gasteiger partial charge on any atom is -0.387 e. The molecule has 4 aliphatic carbocycles. The van der Waals surface area contributed by atoms with Crippen LogP contribution in [0.4, 0.5) is 16.3 Å². The van der Waals surface area contributed by atoms with E-state index in [9.17, 15) is 28.2 Å². The average molecular weight is 655 g/mol. The third-order valence-corrected chi connectivity index (χ3v) is 11.4. The zero-order valence-electron chi connectivity index (χ0n) is 25.5. The van der Waals surface area contributed by atoms with Gasteiger partial charge < -0.3 is 25.6 Å². The number of fused-ring (bicyclic) bond motifs is 1. The lowest BCUT2D eigenvalue weighted by Crippen LogP contribution is -2.62. The fourth-order valence-electron chi connectivity index (χ4n) is 8.71. The normalized spacial score (nSPS) is 33.3. The Labute approximate surface area is 265 Å². The van der Waals surface area contributed by atoms with Crippen molar-refractivity contribution in [3.8, 4) is 0 Å². The lowest BCUT2D eigenvalue weighted by molar-refractivity contribution is -0.137. The van der Waals surface area contributed by atoms with Crippen molar-refractivity contribution in [2.24, 2.45) is 17.3 Å². The molecule has 5 fully saturated rings. The number of hydrogen-bond donors (Lipinski definition) is 6. The summed E-state index contributed by atoms with van der Waals surface area (Å²) in [5, 5.41) is 28.9. The summed E-state index contributed by atoms with van der Waals surface area (Å²) in [5.41, 5.74) is 0.349. The number of nitrogens with zero attached hydrogens (tertiary/aromatic N) is 4. The van der Waals surface area contributed by atoms with Crippen molar-refractivity contribution in [2.75, 3.05) is 17.2 Å². The van der Waals surface area contributed by atoms with Crippen LogP contribution in [0.25, 0.3) is 11.2 Å². The van der Waals surface area contributed by atoms with Crippen LogP contribution in [0.1, 0.15) is 58.6 Å². The number of imidazole rings is 1. The molecule has 8 rings (SSSR count). The van der Waals surface area contributed by atoms with Crippen LogP contribution in [0.3, 0.4) is 0 Å². The molecule has 6 N–H and O–H groups in total. The molecule has 0 radical (unpaired) electrons. The van der Waals surface area contributed by atoms with Gasteiger partial charge in [0.2, 0.25) is 10.0 Å². The summed E-state index contributed by atoms with van der Waals surface area (Å²) in [6, 6.07) is 5.40. The molecule has 0 spiro atoms. The van der Waals surface area contributed by atoms with Gasteiger partial charge in [0.15, 0.2) is 29.3 Å². The van der Waals surface area contributed by atoms with Crippen LogP contribution in [-0.4, -0.2) is 80.5 Å². The van der Waals surface area contributed by atoms with Gasteiger partial charge >= 0.3 is 6.03 Å². The van der Waals surface area contributed by atoms with Crippen LogP contribution in [0, 0.1) is 17.3 Å². The van der Waals surface area contributed by atoms with Crippen LogP contribution in [0.15, 0.2) is 41.8 Å². The maximum absolute atomic E-state index is 13.6. The molecule has 8 atom stereocenters. The highest BCUT2D eigenvalue weighted by atomic mass is 32.2. The second kappa shape index (κ2) is 11.2. The molecule has 246 valence electrons. The van der Waals surface area contributed by atoms with Gasteiger partial charge in [0.25, 0.3) is 5.91 Å². The van der Waals surface area contributed by atoms with E-state index in [-0.39, 0.29) is 33.0 Å². The van der Waals surface area contributed by atoms with Gasteiger partial charge in [-0.1, -0.05) is 13.0 Å². The molecular formula is C30H38N8O7S. The smallest absolute Gasteiger partial charge is 0.324 e. The van der Waals surface area contributed by atoms with Crippen molar-refractivity contribution in [2.45, 2.75) is 87.3 Å². The first kappa shape index (κ1) is 30.9. The van der Waals surface area contributed by atoms with Gasteiger partial charge in [-0.15, -0.1) is 0 Å². The molecule has 16 heteroatoms. The zero-order chi connectivity index (χ0) is 32.4. The minimum atomic E-state index is -3.85. The third kappa shape index (κ3) is 5.51. The van der Waals surface area contributed by atoms with E-state index in [0.717, 1.165) is 32.1 Å². The standard InChI is InChI=1S/C30H38N8O7S/c1-3-31-26(41)23-21(39)22(40)27(45-23)38-15-34-20-24(32-14-33-25(20)38)36-28(42)35-18-5-4-6-19(8-18)46(43,44)37-30-11-16-7-17(12-30)10-29(2,9-16)13-30/h4-6,8,14-17,21-23,27,37,39-40H,3,7,9-13H2,1-2H3,(H,31,41)(H2,32,33,35,36,42)/t16-,17+,21?,22?,23-,27+,29-,30?/m0/s1. The number of nitrogens with one attached hydrogen (secondary N) is 4. The van der Waals surface area contributed by atoms with Crippen molar-refractivity contribution < 1.29 is 33.0 Å². The lowest BCUT2D eigenvalue weighted by Gasteiger charge is -2.61. The number of aliphatic hydroxyl groups excluding tert-OH is 2. The van der Waals surface area contributed by atoms with Crippen LogP contribution in [0.2, 0.25) is 0 Å². The fraction of sp³-hybridized carbons (Fsp3) is 0.567. The number of aliphatic hydroxyl groups is 2. The van der Waals surface area contributed by atoms with E-state index < -0.39 is 52.0 Å². The third-order valence-electron chi connectivity index (χ3n) is 9.82. The van der Waals surface area contributed by atoms with Crippen molar-refractivity contribution >= 4 is 44.6 Å². The molecule has 3 heterocycles. The Morgan fingerprint density at radius 3 is 2.54 bits per heavy atom. The molecule has 4 saturated carbocycles. The van der Waals surface area contributed by atoms with Crippen LogP contribution >= 0.6 is 0 Å². The zero-order valence-corrected chi connectivity index (χ0v) is 26.3. The summed E-state index contributed by atoms with van der Waals surface area (Å²) in [4.78, 5) is 38.0. The second-order valence-electron chi connectivity index (χ2n) is 13.6. The van der Waals surface area contributed by atoms with Gasteiger partial charge in [-0.3, -0.25) is 14.7 Å². The maximum atomic E-state index is 13.6. The maximum Gasteiger partial charge on any atom is 0.324 e. The SMILES string of the molecule is CCNC(=O)[C@H]1O[C@@H](n2cnc3c(NC(=O)Nc4cccc(S(=O)(=O)NC56C[C@H]7C[C@@H](C5)C[C@](C)(C7)C6)c4)ncnc32)C(O)C1O. The first-order valence-corrected chi connectivity index (χ1v) is 17.0. The molecular weight excluding hydrogens is 616 g/mol. The summed E-state index contributed by atoms with van der Waals surface area (Å²) in [7, 11) is -3.85. The van der Waals surface area contributed by atoms with E-state index in [1.54, 1.807) is 19.1 Å². The molecule has 3 amide bonds. The molecule has 15 nitrogen and oxygen atoms in total. The van der Waals surface area contributed by atoms with Crippen LogP contribution in [-0.2, 0) is 19.6 Å². The number of rotatable bonds is 8. The Morgan fingerprint density at radius 2 is 1.83 bits per heavy atom. The highest BCUT2D eigenvalue weighted by Crippen LogP contribution is 2.61. The summed E-state index contributed by atoms with van der Waals surface area (Å²) >= 11 is 0. The Hall–Kier alpha value is -3.70. The Kier molecular flexibility index (Phi) is 7.55. The second-order valence-corrected chi connectivity index (χ2v) is 15.3. The largest absolute Gasteiger partial charge is 0.387 e. The molecule has 3 unspecified atom stereocenters. The number of ether oxygens (including phenoxy) is 1. The number of carbonyl (C=O) groups is 2. The summed E-state index contributed by atoms with van der Waals surface area (Å²) in [6.07, 6.45) is 3.15. The van der Waals surface area contributed by atoms with Crippen molar-refractivity contribution in [1.82, 2.24) is 29.6 Å². The van der Waals surface area contributed by atoms with Gasteiger partial charge in [-0.2, -0.15) is 0 Å². The van der Waals surface area contributed by atoms with Gasteiger partial charge in [0.05, 0.1) is 11.2 Å². The highest BCUT2D eigenvalue weighted by Gasteiger charge is 2.57. The Balaban J connectivity index is 1.05. The first-order valence-electron chi connectivity index (χ1n) is 15.6. The van der Waals surface area contributed by atoms with E-state index in [1.807, 2.05) is 0 Å². The van der Waals surface area contributed by atoms with Crippen molar-refractivity contribution in [3.63, 3.8) is 0 Å². The van der Waals surface area contributed by atoms with E-state index in [1.165, 1.54) is 35.8 Å². The van der Waals surface area contributed by atoms with Crippen LogP contribution in [0.5, 0.6) is 0 Å². The van der Waals surface area contributed by atoms with E-state index in [0.29, 0.717) is 18.4 Å². The number of hydrogen-bond acceptors (Lipinski definition) is 10.